The summed E-state index contributed by atoms with van der Waals surface area (Å²) in [6, 6.07) is 10.2. The summed E-state index contributed by atoms with van der Waals surface area (Å²) >= 11 is 0. The van der Waals surface area contributed by atoms with Crippen molar-refractivity contribution in [2.45, 2.75) is 38.8 Å². The molecule has 0 radical (unpaired) electrons. The monoisotopic (exact) mass is 370 g/mol. The molecule has 0 spiro atoms. The second-order valence-corrected chi connectivity index (χ2v) is 6.72. The van der Waals surface area contributed by atoms with Gasteiger partial charge in [-0.2, -0.15) is 5.10 Å². The highest BCUT2D eigenvalue weighted by molar-refractivity contribution is 5.76. The Morgan fingerprint density at radius 2 is 2.07 bits per heavy atom. The minimum atomic E-state index is -0.218. The average molecular weight is 370 g/mol. The molecule has 27 heavy (non-hydrogen) atoms. The van der Waals surface area contributed by atoms with Crippen molar-refractivity contribution in [2.24, 2.45) is 0 Å². The molecule has 0 aliphatic carbocycles. The number of nitrogens with one attached hydrogen (secondary N) is 2. The van der Waals surface area contributed by atoms with Gasteiger partial charge in [0.25, 0.3) is 0 Å². The van der Waals surface area contributed by atoms with Gasteiger partial charge in [0.05, 0.1) is 18.8 Å². The first-order chi connectivity index (χ1) is 13.1. The van der Waals surface area contributed by atoms with Gasteiger partial charge < -0.3 is 15.4 Å². The lowest BCUT2D eigenvalue weighted by Gasteiger charge is -2.22. The van der Waals surface area contributed by atoms with Crippen LogP contribution in [0, 0.1) is 0 Å². The van der Waals surface area contributed by atoms with Crippen molar-refractivity contribution in [3.05, 3.63) is 53.3 Å². The highest BCUT2D eigenvalue weighted by Crippen LogP contribution is 2.25. The van der Waals surface area contributed by atoms with Crippen LogP contribution in [0.15, 0.2) is 36.5 Å². The number of benzene rings is 1. The number of nitrogens with zero attached hydrogens (tertiary/aromatic N) is 2. The first-order valence-corrected chi connectivity index (χ1v) is 9.34. The molecule has 7 nitrogen and oxygen atoms in total. The minimum absolute atomic E-state index is 0.0419. The molecule has 1 aliphatic heterocycles. The highest BCUT2D eigenvalue weighted by Gasteiger charge is 2.25. The highest BCUT2D eigenvalue weighted by atomic mass is 16.5. The summed E-state index contributed by atoms with van der Waals surface area (Å²) in [5, 5.41) is 10.3. The molecule has 2 amide bonds. The van der Waals surface area contributed by atoms with Crippen molar-refractivity contribution in [3.8, 4) is 0 Å². The molecule has 0 saturated heterocycles. The van der Waals surface area contributed by atoms with Crippen molar-refractivity contribution in [2.75, 3.05) is 19.7 Å². The number of fused-ring (bicyclic) bond motifs is 1. The molecule has 3 rings (SSSR count). The van der Waals surface area contributed by atoms with Crippen LogP contribution in [0.25, 0.3) is 0 Å². The van der Waals surface area contributed by atoms with E-state index in [0.29, 0.717) is 32.5 Å². The molecule has 1 atom stereocenters. The minimum Gasteiger partial charge on any atom is -0.370 e. The largest absolute Gasteiger partial charge is 0.370 e. The molecule has 2 N–H and O–H groups in total. The van der Waals surface area contributed by atoms with E-state index in [1.165, 1.54) is 18.1 Å². The second kappa shape index (κ2) is 9.32. The number of aromatic nitrogens is 2. The van der Waals surface area contributed by atoms with Crippen molar-refractivity contribution >= 4 is 11.8 Å². The standard InChI is InChI=1S/C20H26N4O3/c1-15(25)21-10-5-8-19(26)22-12-18-20-17(9-11-27-18)14-24(23-20)13-16-6-3-2-4-7-16/h2-4,6-7,14,18H,5,8-13H2,1H3,(H,21,25)(H,22,26). The van der Waals surface area contributed by atoms with E-state index in [1.54, 1.807) is 0 Å². The quantitative estimate of drug-likeness (QED) is 0.691. The summed E-state index contributed by atoms with van der Waals surface area (Å²) < 4.78 is 7.77. The van der Waals surface area contributed by atoms with E-state index in [2.05, 4.69) is 29.0 Å². The normalized spacial score (nSPS) is 15.8. The van der Waals surface area contributed by atoms with Crippen LogP contribution in [0.4, 0.5) is 0 Å². The Morgan fingerprint density at radius 3 is 2.85 bits per heavy atom. The number of carbonyl (C=O) groups is 2. The number of rotatable bonds is 8. The predicted molar refractivity (Wildman–Crippen MR) is 101 cm³/mol. The fourth-order valence-corrected chi connectivity index (χ4v) is 3.15. The number of amides is 2. The van der Waals surface area contributed by atoms with Gasteiger partial charge in [-0.15, -0.1) is 0 Å². The number of hydrogen-bond acceptors (Lipinski definition) is 4. The van der Waals surface area contributed by atoms with Crippen LogP contribution in [0.1, 0.15) is 42.7 Å². The molecule has 144 valence electrons. The van der Waals surface area contributed by atoms with E-state index < -0.39 is 0 Å². The molecule has 1 unspecified atom stereocenters. The molecule has 1 aliphatic rings. The molecule has 7 heteroatoms. The Bertz CT molecular complexity index is 773. The predicted octanol–water partition coefficient (Wildman–Crippen LogP) is 1.58. The SMILES string of the molecule is CC(=O)NCCCC(=O)NCC1OCCc2cn(Cc3ccccc3)nc21. The van der Waals surface area contributed by atoms with E-state index in [9.17, 15) is 9.59 Å². The average Bonchev–Trinajstić information content (AvgIpc) is 3.07. The van der Waals surface area contributed by atoms with Crippen molar-refractivity contribution in [1.29, 1.82) is 0 Å². The Kier molecular flexibility index (Phi) is 6.59. The van der Waals surface area contributed by atoms with Crippen LogP contribution in [-0.2, 0) is 27.3 Å². The topological polar surface area (TPSA) is 85.3 Å². The molecule has 0 saturated carbocycles. The summed E-state index contributed by atoms with van der Waals surface area (Å²) in [6.45, 7) is 3.74. The van der Waals surface area contributed by atoms with E-state index >= 15 is 0 Å². The van der Waals surface area contributed by atoms with Gasteiger partial charge in [0.1, 0.15) is 6.10 Å². The van der Waals surface area contributed by atoms with Gasteiger partial charge in [-0.25, -0.2) is 0 Å². The first-order valence-electron chi connectivity index (χ1n) is 9.34. The Labute approximate surface area is 159 Å². The van der Waals surface area contributed by atoms with Crippen LogP contribution in [0.2, 0.25) is 0 Å². The fraction of sp³-hybridized carbons (Fsp3) is 0.450. The Morgan fingerprint density at radius 1 is 1.26 bits per heavy atom. The van der Waals surface area contributed by atoms with Gasteiger partial charge in [0.15, 0.2) is 0 Å². The second-order valence-electron chi connectivity index (χ2n) is 6.72. The summed E-state index contributed by atoms with van der Waals surface area (Å²) in [5.41, 5.74) is 3.29. The zero-order valence-electron chi connectivity index (χ0n) is 15.6. The molecule has 1 aromatic heterocycles. The van der Waals surface area contributed by atoms with Gasteiger partial charge >= 0.3 is 0 Å². The summed E-state index contributed by atoms with van der Waals surface area (Å²) in [6.07, 6.45) is 3.69. The molecule has 2 heterocycles. The molecular weight excluding hydrogens is 344 g/mol. The molecule has 2 aromatic rings. The van der Waals surface area contributed by atoms with E-state index in [0.717, 1.165) is 18.7 Å². The molecule has 1 aromatic carbocycles. The fourth-order valence-electron chi connectivity index (χ4n) is 3.15. The lowest BCUT2D eigenvalue weighted by molar-refractivity contribution is -0.122. The summed E-state index contributed by atoms with van der Waals surface area (Å²) in [5.74, 6) is -0.121. The van der Waals surface area contributed by atoms with Crippen LogP contribution < -0.4 is 10.6 Å². The van der Waals surface area contributed by atoms with Gasteiger partial charge in [-0.3, -0.25) is 14.3 Å². The summed E-state index contributed by atoms with van der Waals surface area (Å²) in [4.78, 5) is 22.8. The van der Waals surface area contributed by atoms with Crippen molar-refractivity contribution < 1.29 is 14.3 Å². The third kappa shape index (κ3) is 5.65. The van der Waals surface area contributed by atoms with E-state index in [-0.39, 0.29) is 17.9 Å². The van der Waals surface area contributed by atoms with E-state index in [4.69, 9.17) is 9.84 Å². The molecular formula is C20H26N4O3. The first kappa shape index (κ1) is 19.1. The third-order valence-electron chi connectivity index (χ3n) is 4.49. The van der Waals surface area contributed by atoms with Gasteiger partial charge in [0, 0.05) is 32.6 Å². The number of ether oxygens (including phenoxy) is 1. The lowest BCUT2D eigenvalue weighted by atomic mass is 10.1. The van der Waals surface area contributed by atoms with Crippen LogP contribution in [0.5, 0.6) is 0 Å². The summed E-state index contributed by atoms with van der Waals surface area (Å²) in [7, 11) is 0. The van der Waals surface area contributed by atoms with Crippen LogP contribution in [-0.4, -0.2) is 41.3 Å². The maximum atomic E-state index is 12.0. The zero-order chi connectivity index (χ0) is 19.1. The number of hydrogen-bond donors (Lipinski definition) is 2. The van der Waals surface area contributed by atoms with Gasteiger partial charge in [-0.05, 0) is 24.0 Å². The van der Waals surface area contributed by atoms with E-state index in [1.807, 2.05) is 22.9 Å². The van der Waals surface area contributed by atoms with Crippen LogP contribution >= 0.6 is 0 Å². The Hall–Kier alpha value is -2.67. The maximum absolute atomic E-state index is 12.0. The van der Waals surface area contributed by atoms with Crippen molar-refractivity contribution in [3.63, 3.8) is 0 Å². The zero-order valence-corrected chi connectivity index (χ0v) is 15.6. The molecule has 0 bridgehead atoms. The smallest absolute Gasteiger partial charge is 0.220 e. The van der Waals surface area contributed by atoms with Gasteiger partial charge in [-0.1, -0.05) is 30.3 Å². The van der Waals surface area contributed by atoms with Crippen molar-refractivity contribution in [1.82, 2.24) is 20.4 Å². The van der Waals surface area contributed by atoms with Crippen LogP contribution in [0.3, 0.4) is 0 Å². The molecule has 0 fully saturated rings. The number of carbonyl (C=O) groups excluding carboxylic acids is 2. The third-order valence-corrected chi connectivity index (χ3v) is 4.49. The lowest BCUT2D eigenvalue weighted by Crippen LogP contribution is -2.32. The maximum Gasteiger partial charge on any atom is 0.220 e. The van der Waals surface area contributed by atoms with Gasteiger partial charge in [0.2, 0.25) is 11.8 Å². The Balaban J connectivity index is 1.52.